The van der Waals surface area contributed by atoms with Gasteiger partial charge in [0.15, 0.2) is 0 Å². The summed E-state index contributed by atoms with van der Waals surface area (Å²) in [5.74, 6) is 0.717. The van der Waals surface area contributed by atoms with Crippen molar-refractivity contribution in [3.8, 4) is 0 Å². The molecule has 3 rings (SSSR count). The molecule has 0 unspecified atom stereocenters. The van der Waals surface area contributed by atoms with Gasteiger partial charge in [0, 0.05) is 23.9 Å². The summed E-state index contributed by atoms with van der Waals surface area (Å²) in [6.07, 6.45) is 6.35. The summed E-state index contributed by atoms with van der Waals surface area (Å²) in [5, 5.41) is 4.61. The number of aryl methyl sites for hydroxylation is 2. The van der Waals surface area contributed by atoms with Crippen LogP contribution in [0.3, 0.4) is 0 Å². The molecule has 2 heterocycles. The minimum absolute atomic E-state index is 0.717. The molecule has 1 fully saturated rings. The van der Waals surface area contributed by atoms with E-state index in [9.17, 15) is 0 Å². The SMILES string of the molecule is Cc1nccn2nc(C3CC3)c(C)c12. The van der Waals surface area contributed by atoms with Gasteiger partial charge in [0.2, 0.25) is 0 Å². The molecule has 0 bridgehead atoms. The monoisotopic (exact) mass is 187 g/mol. The van der Waals surface area contributed by atoms with E-state index >= 15 is 0 Å². The van der Waals surface area contributed by atoms with Crippen molar-refractivity contribution in [2.45, 2.75) is 32.6 Å². The Labute approximate surface area is 82.8 Å². The normalized spacial score (nSPS) is 16.4. The lowest BCUT2D eigenvalue weighted by Crippen LogP contribution is -1.91. The zero-order chi connectivity index (χ0) is 9.71. The van der Waals surface area contributed by atoms with Crippen molar-refractivity contribution in [2.75, 3.05) is 0 Å². The van der Waals surface area contributed by atoms with Crippen molar-refractivity contribution in [1.29, 1.82) is 0 Å². The van der Waals surface area contributed by atoms with Crippen LogP contribution in [0.15, 0.2) is 12.4 Å². The van der Waals surface area contributed by atoms with Gasteiger partial charge in [-0.1, -0.05) is 0 Å². The third-order valence-corrected chi connectivity index (χ3v) is 2.97. The topological polar surface area (TPSA) is 30.2 Å². The fourth-order valence-electron chi connectivity index (χ4n) is 2.09. The Hall–Kier alpha value is -1.38. The van der Waals surface area contributed by atoms with Crippen molar-refractivity contribution in [1.82, 2.24) is 14.6 Å². The molecule has 0 N–H and O–H groups in total. The van der Waals surface area contributed by atoms with Crippen LogP contribution in [0.25, 0.3) is 5.52 Å². The third kappa shape index (κ3) is 0.983. The molecule has 2 aromatic rings. The number of fused-ring (bicyclic) bond motifs is 1. The Morgan fingerprint density at radius 3 is 2.79 bits per heavy atom. The van der Waals surface area contributed by atoms with Crippen molar-refractivity contribution in [2.24, 2.45) is 0 Å². The first-order valence-electron chi connectivity index (χ1n) is 5.08. The van der Waals surface area contributed by atoms with Crippen molar-refractivity contribution >= 4 is 5.52 Å². The summed E-state index contributed by atoms with van der Waals surface area (Å²) in [5.41, 5.74) is 4.86. The van der Waals surface area contributed by atoms with E-state index in [0.29, 0.717) is 5.92 Å². The van der Waals surface area contributed by atoms with E-state index in [1.165, 1.54) is 29.6 Å². The molecule has 0 saturated heterocycles. The van der Waals surface area contributed by atoms with Gasteiger partial charge >= 0.3 is 0 Å². The van der Waals surface area contributed by atoms with Gasteiger partial charge in [-0.25, -0.2) is 4.52 Å². The smallest absolute Gasteiger partial charge is 0.0906 e. The molecule has 2 aromatic heterocycles. The Kier molecular flexibility index (Phi) is 1.46. The largest absolute Gasteiger partial charge is 0.258 e. The maximum absolute atomic E-state index is 4.61. The van der Waals surface area contributed by atoms with Gasteiger partial charge in [-0.15, -0.1) is 0 Å². The molecular formula is C11H13N3. The molecule has 0 spiro atoms. The first-order valence-corrected chi connectivity index (χ1v) is 5.08. The van der Waals surface area contributed by atoms with E-state index in [-0.39, 0.29) is 0 Å². The van der Waals surface area contributed by atoms with Crippen LogP contribution in [0.5, 0.6) is 0 Å². The maximum atomic E-state index is 4.61. The lowest BCUT2D eigenvalue weighted by molar-refractivity contribution is 0.877. The maximum Gasteiger partial charge on any atom is 0.0906 e. The van der Waals surface area contributed by atoms with Gasteiger partial charge in [-0.3, -0.25) is 4.98 Å². The predicted molar refractivity (Wildman–Crippen MR) is 54.4 cm³/mol. The number of hydrogen-bond donors (Lipinski definition) is 0. The molecule has 0 amide bonds. The van der Waals surface area contributed by atoms with E-state index < -0.39 is 0 Å². The van der Waals surface area contributed by atoms with Crippen LogP contribution in [0.1, 0.15) is 35.7 Å². The Bertz CT molecular complexity index is 494. The van der Waals surface area contributed by atoms with Gasteiger partial charge in [0.1, 0.15) is 0 Å². The van der Waals surface area contributed by atoms with Crippen LogP contribution in [0, 0.1) is 13.8 Å². The fourth-order valence-corrected chi connectivity index (χ4v) is 2.09. The molecule has 1 aliphatic carbocycles. The molecule has 3 nitrogen and oxygen atoms in total. The molecule has 1 saturated carbocycles. The molecule has 0 atom stereocenters. The summed E-state index contributed by atoms with van der Waals surface area (Å²) in [4.78, 5) is 4.30. The molecule has 0 radical (unpaired) electrons. The Morgan fingerprint density at radius 1 is 1.36 bits per heavy atom. The molecule has 72 valence electrons. The van der Waals surface area contributed by atoms with Crippen LogP contribution in [0.2, 0.25) is 0 Å². The minimum atomic E-state index is 0.717. The first kappa shape index (κ1) is 7.97. The van der Waals surface area contributed by atoms with E-state index in [0.717, 1.165) is 5.69 Å². The second kappa shape index (κ2) is 2.56. The molecule has 0 aliphatic heterocycles. The minimum Gasteiger partial charge on any atom is -0.258 e. The van der Waals surface area contributed by atoms with E-state index in [2.05, 4.69) is 17.0 Å². The van der Waals surface area contributed by atoms with Crippen LogP contribution < -0.4 is 0 Å². The van der Waals surface area contributed by atoms with Crippen molar-refractivity contribution in [3.63, 3.8) is 0 Å². The van der Waals surface area contributed by atoms with Crippen LogP contribution in [-0.2, 0) is 0 Å². The van der Waals surface area contributed by atoms with Gasteiger partial charge in [0.05, 0.1) is 16.9 Å². The van der Waals surface area contributed by atoms with Gasteiger partial charge < -0.3 is 0 Å². The van der Waals surface area contributed by atoms with Crippen molar-refractivity contribution in [3.05, 3.63) is 29.3 Å². The summed E-state index contributed by atoms with van der Waals surface area (Å²) >= 11 is 0. The number of aromatic nitrogens is 3. The Balaban J connectivity index is 2.34. The fraction of sp³-hybridized carbons (Fsp3) is 0.455. The second-order valence-corrected chi connectivity index (χ2v) is 4.09. The highest BCUT2D eigenvalue weighted by Crippen LogP contribution is 2.41. The molecule has 1 aliphatic rings. The standard InChI is InChI=1S/C11H13N3/c1-7-10(9-3-4-9)13-14-6-5-12-8(2)11(7)14/h5-6,9H,3-4H2,1-2H3. The molecular weight excluding hydrogens is 174 g/mol. The summed E-state index contributed by atoms with van der Waals surface area (Å²) in [6, 6.07) is 0. The molecule has 0 aromatic carbocycles. The predicted octanol–water partition coefficient (Wildman–Crippen LogP) is 2.22. The van der Waals surface area contributed by atoms with Gasteiger partial charge in [0.25, 0.3) is 0 Å². The highest BCUT2D eigenvalue weighted by molar-refractivity contribution is 5.60. The van der Waals surface area contributed by atoms with E-state index in [1.54, 1.807) is 0 Å². The summed E-state index contributed by atoms with van der Waals surface area (Å²) < 4.78 is 1.96. The van der Waals surface area contributed by atoms with Crippen LogP contribution >= 0.6 is 0 Å². The lowest BCUT2D eigenvalue weighted by Gasteiger charge is -1.96. The highest BCUT2D eigenvalue weighted by Gasteiger charge is 2.29. The number of nitrogens with zero attached hydrogens (tertiary/aromatic N) is 3. The second-order valence-electron chi connectivity index (χ2n) is 4.09. The first-order chi connectivity index (χ1) is 6.77. The van der Waals surface area contributed by atoms with Gasteiger partial charge in [-0.2, -0.15) is 5.10 Å². The van der Waals surface area contributed by atoms with Crippen LogP contribution in [0.4, 0.5) is 0 Å². The van der Waals surface area contributed by atoms with E-state index in [4.69, 9.17) is 0 Å². The molecule has 14 heavy (non-hydrogen) atoms. The summed E-state index contributed by atoms with van der Waals surface area (Å²) in [7, 11) is 0. The average Bonchev–Trinajstić information content (AvgIpc) is 2.93. The zero-order valence-electron chi connectivity index (χ0n) is 8.49. The quantitative estimate of drug-likeness (QED) is 0.685. The van der Waals surface area contributed by atoms with Crippen LogP contribution in [-0.4, -0.2) is 14.6 Å². The third-order valence-electron chi connectivity index (χ3n) is 2.97. The van der Waals surface area contributed by atoms with Crippen molar-refractivity contribution < 1.29 is 0 Å². The average molecular weight is 187 g/mol. The Morgan fingerprint density at radius 2 is 2.14 bits per heavy atom. The number of rotatable bonds is 1. The number of hydrogen-bond acceptors (Lipinski definition) is 2. The summed E-state index contributed by atoms with van der Waals surface area (Å²) in [6.45, 7) is 4.20. The van der Waals surface area contributed by atoms with Gasteiger partial charge in [-0.05, 0) is 26.7 Å². The highest BCUT2D eigenvalue weighted by atomic mass is 15.2. The zero-order valence-corrected chi connectivity index (χ0v) is 8.49. The molecule has 3 heteroatoms. The van der Waals surface area contributed by atoms with E-state index in [1.807, 2.05) is 23.8 Å². The lowest BCUT2D eigenvalue weighted by atomic mass is 10.1.